The van der Waals surface area contributed by atoms with E-state index in [1.54, 1.807) is 0 Å². The van der Waals surface area contributed by atoms with Crippen LogP contribution in [0.5, 0.6) is 0 Å². The quantitative estimate of drug-likeness (QED) is 0.357. The normalized spacial score (nSPS) is 10.7. The molecule has 0 N–H and O–H groups in total. The van der Waals surface area contributed by atoms with Crippen LogP contribution in [0.2, 0.25) is 0 Å². The van der Waals surface area contributed by atoms with Crippen molar-refractivity contribution in [2.24, 2.45) is 0 Å². The monoisotopic (exact) mass is 262 g/mol. The lowest BCUT2D eigenvalue weighted by molar-refractivity contribution is -0.389. The molecule has 18 heavy (non-hydrogen) atoms. The maximum atomic E-state index is 13.3. The van der Waals surface area contributed by atoms with Crippen LogP contribution in [0.15, 0.2) is 12.3 Å². The fourth-order valence-electron chi connectivity index (χ4n) is 1.21. The van der Waals surface area contributed by atoms with Crippen molar-refractivity contribution < 1.29 is 22.5 Å². The van der Waals surface area contributed by atoms with Crippen molar-refractivity contribution in [2.45, 2.75) is 0 Å². The molecule has 0 saturated carbocycles. The highest BCUT2D eigenvalue weighted by Crippen LogP contribution is 2.21. The molecular formula is C8H2F4N4O2. The molecule has 0 bridgehead atoms. The third kappa shape index (κ3) is 1.77. The van der Waals surface area contributed by atoms with E-state index >= 15 is 0 Å². The van der Waals surface area contributed by atoms with E-state index in [9.17, 15) is 27.7 Å². The summed E-state index contributed by atoms with van der Waals surface area (Å²) in [4.78, 5) is 11.7. The number of pyridine rings is 1. The predicted octanol–water partition coefficient (Wildman–Crippen LogP) is 1.73. The zero-order valence-corrected chi connectivity index (χ0v) is 8.27. The largest absolute Gasteiger partial charge is 0.390 e. The van der Waals surface area contributed by atoms with Gasteiger partial charge in [0, 0.05) is 0 Å². The van der Waals surface area contributed by atoms with E-state index in [4.69, 9.17) is 0 Å². The molecule has 6 nitrogen and oxygen atoms in total. The molecule has 0 unspecified atom stereocenters. The summed E-state index contributed by atoms with van der Waals surface area (Å²) in [7, 11) is 0. The van der Waals surface area contributed by atoms with E-state index in [0.29, 0.717) is 4.68 Å². The first-order valence-electron chi connectivity index (χ1n) is 4.32. The van der Waals surface area contributed by atoms with Crippen LogP contribution in [0, 0.1) is 33.6 Å². The van der Waals surface area contributed by atoms with Crippen LogP contribution in [0.3, 0.4) is 0 Å². The van der Waals surface area contributed by atoms with Crippen molar-refractivity contribution in [3.8, 4) is 5.69 Å². The zero-order chi connectivity index (χ0) is 13.4. The fraction of sp³-hybridized carbons (Fsp3) is 0. The minimum atomic E-state index is -1.87. The first-order valence-corrected chi connectivity index (χ1v) is 4.32. The van der Waals surface area contributed by atoms with Crippen molar-refractivity contribution in [3.63, 3.8) is 0 Å². The van der Waals surface area contributed by atoms with Crippen LogP contribution < -0.4 is 0 Å². The number of hydrogen-bond donors (Lipinski definition) is 0. The van der Waals surface area contributed by atoms with Crippen molar-refractivity contribution in [3.05, 3.63) is 45.9 Å². The Labute approximate surface area is 95.6 Å². The van der Waals surface area contributed by atoms with E-state index in [-0.39, 0.29) is 0 Å². The van der Waals surface area contributed by atoms with E-state index in [0.717, 1.165) is 12.3 Å². The minimum absolute atomic E-state index is 0.316. The molecule has 0 spiro atoms. The topological polar surface area (TPSA) is 73.8 Å². The van der Waals surface area contributed by atoms with Gasteiger partial charge in [-0.3, -0.25) is 0 Å². The first kappa shape index (κ1) is 12.0. The van der Waals surface area contributed by atoms with E-state index in [1.807, 2.05) is 0 Å². The lowest BCUT2D eigenvalue weighted by Gasteiger charge is -2.02. The molecule has 0 aromatic carbocycles. The van der Waals surface area contributed by atoms with Crippen LogP contribution in [-0.4, -0.2) is 19.7 Å². The van der Waals surface area contributed by atoms with Crippen LogP contribution >= 0.6 is 0 Å². The summed E-state index contributed by atoms with van der Waals surface area (Å²) in [5.74, 6) is -8.07. The van der Waals surface area contributed by atoms with Crippen LogP contribution in [0.4, 0.5) is 23.4 Å². The molecule has 0 aliphatic rings. The van der Waals surface area contributed by atoms with Crippen molar-refractivity contribution >= 4 is 5.82 Å². The predicted molar refractivity (Wildman–Crippen MR) is 47.8 cm³/mol. The summed E-state index contributed by atoms with van der Waals surface area (Å²) in [6.45, 7) is 0. The minimum Gasteiger partial charge on any atom is -0.358 e. The number of halogens is 4. The van der Waals surface area contributed by atoms with E-state index in [1.165, 1.54) is 0 Å². The Bertz CT molecular complexity index is 616. The molecule has 2 aromatic rings. The van der Waals surface area contributed by atoms with Gasteiger partial charge in [-0.25, -0.2) is 0 Å². The zero-order valence-electron chi connectivity index (χ0n) is 8.27. The Balaban J connectivity index is 2.66. The molecule has 2 aromatic heterocycles. The summed E-state index contributed by atoms with van der Waals surface area (Å²) in [6.07, 6.45) is 0.790. The average molecular weight is 262 g/mol. The third-order valence-corrected chi connectivity index (χ3v) is 1.97. The average Bonchev–Trinajstić information content (AvgIpc) is 2.76. The van der Waals surface area contributed by atoms with Gasteiger partial charge in [-0.1, -0.05) is 0 Å². The van der Waals surface area contributed by atoms with Crippen molar-refractivity contribution in [1.29, 1.82) is 0 Å². The molecule has 10 heteroatoms. The molecule has 0 aliphatic heterocycles. The highest BCUT2D eigenvalue weighted by Gasteiger charge is 2.25. The van der Waals surface area contributed by atoms with E-state index in [2.05, 4.69) is 10.1 Å². The second-order valence-electron chi connectivity index (χ2n) is 3.05. The Morgan fingerprint density at radius 2 is 1.72 bits per heavy atom. The first-order chi connectivity index (χ1) is 8.41. The van der Waals surface area contributed by atoms with Gasteiger partial charge in [-0.15, -0.1) is 4.68 Å². The smallest absolute Gasteiger partial charge is 0.358 e. The molecule has 0 fully saturated rings. The maximum absolute atomic E-state index is 13.3. The molecule has 0 saturated heterocycles. The maximum Gasteiger partial charge on any atom is 0.390 e. The van der Waals surface area contributed by atoms with Crippen LogP contribution in [-0.2, 0) is 0 Å². The molecule has 2 heterocycles. The van der Waals surface area contributed by atoms with Gasteiger partial charge >= 0.3 is 5.82 Å². The number of nitrogens with zero attached hydrogens (tertiary/aromatic N) is 4. The summed E-state index contributed by atoms with van der Waals surface area (Å²) in [5, 5.41) is 13.5. The standard InChI is InChI=1S/C8H2F4N4O2/c9-4-6(5(10)8(12)13-7(4)11)15-2-1-3(14-15)16(17)18/h1-2H. The Hall–Kier alpha value is -2.52. The lowest BCUT2D eigenvalue weighted by Crippen LogP contribution is -2.09. The van der Waals surface area contributed by atoms with Gasteiger partial charge in [0.1, 0.15) is 0 Å². The number of aromatic nitrogens is 3. The Morgan fingerprint density at radius 3 is 2.17 bits per heavy atom. The second kappa shape index (κ2) is 4.05. The number of nitro groups is 1. The van der Waals surface area contributed by atoms with Gasteiger partial charge in [0.15, 0.2) is 5.69 Å². The highest BCUT2D eigenvalue weighted by molar-refractivity contribution is 5.34. The molecule has 94 valence electrons. The van der Waals surface area contributed by atoms with Crippen molar-refractivity contribution in [2.75, 3.05) is 0 Å². The number of rotatable bonds is 2. The lowest BCUT2D eigenvalue weighted by atomic mass is 10.3. The fourth-order valence-corrected chi connectivity index (χ4v) is 1.21. The molecule has 0 atom stereocenters. The Kier molecular flexibility index (Phi) is 2.69. The summed E-state index contributed by atoms with van der Waals surface area (Å²) in [5.41, 5.74) is -1.21. The van der Waals surface area contributed by atoms with Crippen LogP contribution in [0.25, 0.3) is 5.69 Å². The molecule has 2 rings (SSSR count). The summed E-state index contributed by atoms with van der Waals surface area (Å²) in [6, 6.07) is 0.815. The van der Waals surface area contributed by atoms with Gasteiger partial charge in [-0.2, -0.15) is 22.5 Å². The molecular weight excluding hydrogens is 260 g/mol. The van der Waals surface area contributed by atoms with Gasteiger partial charge in [-0.05, 0) is 4.92 Å². The highest BCUT2D eigenvalue weighted by atomic mass is 19.2. The van der Waals surface area contributed by atoms with Crippen molar-refractivity contribution in [1.82, 2.24) is 14.8 Å². The van der Waals surface area contributed by atoms with Gasteiger partial charge in [0.2, 0.25) is 11.6 Å². The summed E-state index contributed by atoms with van der Waals surface area (Å²) < 4.78 is 52.5. The summed E-state index contributed by atoms with van der Waals surface area (Å²) >= 11 is 0. The van der Waals surface area contributed by atoms with E-state index < -0.39 is 40.0 Å². The van der Waals surface area contributed by atoms with Gasteiger partial charge in [0.25, 0.3) is 11.9 Å². The molecule has 0 aliphatic carbocycles. The van der Waals surface area contributed by atoms with Gasteiger partial charge in [0.05, 0.1) is 17.4 Å². The number of hydrogen-bond acceptors (Lipinski definition) is 4. The second-order valence-corrected chi connectivity index (χ2v) is 3.05. The molecule has 0 radical (unpaired) electrons. The molecule has 0 amide bonds. The third-order valence-electron chi connectivity index (χ3n) is 1.97. The SMILES string of the molecule is O=[N+]([O-])c1ccn(-c2c(F)c(F)nc(F)c2F)n1. The Morgan fingerprint density at radius 1 is 1.17 bits per heavy atom. The van der Waals surface area contributed by atoms with Gasteiger partial charge < -0.3 is 10.1 Å². The van der Waals surface area contributed by atoms with Crippen LogP contribution in [0.1, 0.15) is 0 Å².